The number of likely N-dealkylation sites (N-methyl/N-ethyl adjacent to an activating group) is 1. The van der Waals surface area contributed by atoms with Gasteiger partial charge in [-0.15, -0.1) is 0 Å². The number of nitrogens with zero attached hydrogens (tertiary/aromatic N) is 2. The van der Waals surface area contributed by atoms with Crippen LogP contribution in [0.15, 0.2) is 16.8 Å². The minimum atomic E-state index is -5.08. The van der Waals surface area contributed by atoms with Gasteiger partial charge in [-0.3, -0.25) is 9.69 Å². The number of alkyl halides is 3. The fourth-order valence-corrected chi connectivity index (χ4v) is 3.95. The number of amides is 1. The predicted octanol–water partition coefficient (Wildman–Crippen LogP) is 2.59. The van der Waals surface area contributed by atoms with E-state index < -0.39 is 12.1 Å². The third-order valence-corrected chi connectivity index (χ3v) is 5.88. The van der Waals surface area contributed by atoms with Gasteiger partial charge < -0.3 is 14.7 Å². The van der Waals surface area contributed by atoms with Crippen LogP contribution >= 0.6 is 11.3 Å². The lowest BCUT2D eigenvalue weighted by atomic mass is 9.83. The number of rotatable bonds is 2. The summed E-state index contributed by atoms with van der Waals surface area (Å²) in [7, 11) is 1.90. The molecule has 3 rings (SSSR count). The number of carbonyl (C=O) groups is 2. The molecule has 0 saturated carbocycles. The molecule has 1 atom stereocenters. The first-order valence-corrected chi connectivity index (χ1v) is 9.42. The number of aliphatic carboxylic acids is 1. The molecule has 1 spiro atoms. The molecular formula is C17H23F3N2O4S. The summed E-state index contributed by atoms with van der Waals surface area (Å²) >= 11 is 1.76. The van der Waals surface area contributed by atoms with Crippen molar-refractivity contribution < 1.29 is 32.6 Å². The Hall–Kier alpha value is -1.65. The van der Waals surface area contributed by atoms with Gasteiger partial charge in [0.2, 0.25) is 5.91 Å². The molecule has 6 nitrogen and oxygen atoms in total. The van der Waals surface area contributed by atoms with Crippen molar-refractivity contribution in [2.24, 2.45) is 0 Å². The Kier molecular flexibility index (Phi) is 6.87. The topological polar surface area (TPSA) is 70.1 Å². The molecule has 2 aliphatic rings. The molecule has 2 aliphatic heterocycles. The second-order valence-electron chi connectivity index (χ2n) is 6.74. The van der Waals surface area contributed by atoms with Crippen LogP contribution in [-0.4, -0.2) is 71.3 Å². The maximum absolute atomic E-state index is 11.7. The van der Waals surface area contributed by atoms with Gasteiger partial charge in [0.15, 0.2) is 0 Å². The number of morpholine rings is 1. The maximum Gasteiger partial charge on any atom is 0.490 e. The second kappa shape index (κ2) is 8.57. The number of hydrogen-bond acceptors (Lipinski definition) is 5. The fourth-order valence-electron chi connectivity index (χ4n) is 3.29. The van der Waals surface area contributed by atoms with Crippen molar-refractivity contribution in [2.75, 3.05) is 26.7 Å². The smallest absolute Gasteiger partial charge is 0.475 e. The maximum atomic E-state index is 11.7. The minimum absolute atomic E-state index is 0.101. The molecule has 2 saturated heterocycles. The second-order valence-corrected chi connectivity index (χ2v) is 7.52. The molecule has 1 amide bonds. The van der Waals surface area contributed by atoms with Crippen LogP contribution in [0.25, 0.3) is 0 Å². The van der Waals surface area contributed by atoms with Crippen molar-refractivity contribution in [2.45, 2.75) is 44.1 Å². The highest BCUT2D eigenvalue weighted by molar-refractivity contribution is 7.07. The highest BCUT2D eigenvalue weighted by Crippen LogP contribution is 2.35. The van der Waals surface area contributed by atoms with Gasteiger partial charge in [0, 0.05) is 26.7 Å². The highest BCUT2D eigenvalue weighted by atomic mass is 32.1. The zero-order valence-corrected chi connectivity index (χ0v) is 16.0. The number of ether oxygens (including phenoxy) is 1. The number of likely N-dealkylation sites (tertiary alicyclic amines) is 1. The molecule has 2 fully saturated rings. The molecule has 1 aromatic rings. The molecular weight excluding hydrogens is 385 g/mol. The summed E-state index contributed by atoms with van der Waals surface area (Å²) in [6.07, 6.45) is -3.06. The van der Waals surface area contributed by atoms with Crippen molar-refractivity contribution in [3.63, 3.8) is 0 Å². The molecule has 27 heavy (non-hydrogen) atoms. The Morgan fingerprint density at radius 1 is 1.41 bits per heavy atom. The van der Waals surface area contributed by atoms with Crippen molar-refractivity contribution in [3.8, 4) is 0 Å². The SMILES string of the molecule is CC1N(C)C(=O)COC12CCN(Cc1ccsc1)CC2.O=C(O)C(F)(F)F. The van der Waals surface area contributed by atoms with Crippen LogP contribution < -0.4 is 0 Å². The Morgan fingerprint density at radius 3 is 2.48 bits per heavy atom. The number of carboxylic acid groups (broad SMARTS) is 1. The molecule has 0 radical (unpaired) electrons. The zero-order valence-electron chi connectivity index (χ0n) is 15.2. The van der Waals surface area contributed by atoms with Gasteiger partial charge in [0.1, 0.15) is 6.61 Å². The van der Waals surface area contributed by atoms with Crippen molar-refractivity contribution in [3.05, 3.63) is 22.4 Å². The average Bonchev–Trinajstić information content (AvgIpc) is 3.11. The minimum Gasteiger partial charge on any atom is -0.475 e. The number of carbonyl (C=O) groups excluding carboxylic acids is 1. The molecule has 0 aromatic carbocycles. The van der Waals surface area contributed by atoms with E-state index in [0.29, 0.717) is 0 Å². The number of piperidine rings is 1. The quantitative estimate of drug-likeness (QED) is 0.815. The van der Waals surface area contributed by atoms with Crippen LogP contribution in [0.5, 0.6) is 0 Å². The summed E-state index contributed by atoms with van der Waals surface area (Å²) in [4.78, 5) is 24.9. The molecule has 1 N–H and O–H groups in total. The summed E-state index contributed by atoms with van der Waals surface area (Å²) in [6.45, 7) is 5.48. The van der Waals surface area contributed by atoms with Crippen LogP contribution in [0.3, 0.4) is 0 Å². The first-order valence-electron chi connectivity index (χ1n) is 8.48. The molecule has 152 valence electrons. The predicted molar refractivity (Wildman–Crippen MR) is 93.4 cm³/mol. The largest absolute Gasteiger partial charge is 0.490 e. The van der Waals surface area contributed by atoms with E-state index in [-0.39, 0.29) is 24.2 Å². The molecule has 1 aromatic heterocycles. The third kappa shape index (κ3) is 5.43. The highest BCUT2D eigenvalue weighted by Gasteiger charge is 2.46. The van der Waals surface area contributed by atoms with E-state index in [0.717, 1.165) is 32.5 Å². The Labute approximate surface area is 159 Å². The first-order chi connectivity index (χ1) is 12.5. The lowest BCUT2D eigenvalue weighted by Crippen LogP contribution is -2.62. The number of halogens is 3. The van der Waals surface area contributed by atoms with Crippen LogP contribution in [0, 0.1) is 0 Å². The molecule has 3 heterocycles. The lowest BCUT2D eigenvalue weighted by Gasteiger charge is -2.50. The van der Waals surface area contributed by atoms with Gasteiger partial charge in [0.25, 0.3) is 0 Å². The van der Waals surface area contributed by atoms with Crippen molar-refractivity contribution >= 4 is 23.2 Å². The Bertz CT molecular complexity index is 643. The summed E-state index contributed by atoms with van der Waals surface area (Å²) < 4.78 is 37.7. The zero-order chi connectivity index (χ0) is 20.2. The first kappa shape index (κ1) is 21.6. The fraction of sp³-hybridized carbons (Fsp3) is 0.647. The number of carboxylic acids is 1. The molecule has 10 heteroatoms. The van der Waals surface area contributed by atoms with Gasteiger partial charge in [-0.25, -0.2) is 4.79 Å². The Balaban J connectivity index is 0.000000321. The van der Waals surface area contributed by atoms with Crippen LogP contribution in [0.2, 0.25) is 0 Å². The van der Waals surface area contributed by atoms with E-state index >= 15 is 0 Å². The van der Waals surface area contributed by atoms with Gasteiger partial charge in [-0.2, -0.15) is 24.5 Å². The normalized spacial score (nSPS) is 23.1. The van der Waals surface area contributed by atoms with E-state index in [1.54, 1.807) is 11.3 Å². The molecule has 1 unspecified atom stereocenters. The van der Waals surface area contributed by atoms with E-state index in [9.17, 15) is 18.0 Å². The average molecular weight is 408 g/mol. The van der Waals surface area contributed by atoms with Gasteiger partial charge in [0.05, 0.1) is 11.6 Å². The van der Waals surface area contributed by atoms with E-state index in [2.05, 4.69) is 28.7 Å². The summed E-state index contributed by atoms with van der Waals surface area (Å²) in [5, 5.41) is 11.5. The standard InChI is InChI=1S/C15H22N2O2S.C2HF3O2/c1-12-15(19-10-14(18)16(12)2)4-6-17(7-5-15)9-13-3-8-20-11-13;3-2(4,5)1(6)7/h3,8,11-12H,4-7,9-10H2,1-2H3;(H,6,7). The molecule has 0 aliphatic carbocycles. The Morgan fingerprint density at radius 2 is 2.00 bits per heavy atom. The number of thiophene rings is 1. The molecule has 0 bridgehead atoms. The monoisotopic (exact) mass is 408 g/mol. The summed E-state index contributed by atoms with van der Waals surface area (Å²) in [6, 6.07) is 2.37. The van der Waals surface area contributed by atoms with Gasteiger partial charge in [-0.05, 0) is 42.2 Å². The lowest BCUT2D eigenvalue weighted by molar-refractivity contribution is -0.192. The van der Waals surface area contributed by atoms with Gasteiger partial charge >= 0.3 is 12.1 Å². The van der Waals surface area contributed by atoms with Gasteiger partial charge in [-0.1, -0.05) is 0 Å². The van der Waals surface area contributed by atoms with E-state index in [4.69, 9.17) is 14.6 Å². The summed E-state index contributed by atoms with van der Waals surface area (Å²) in [5.41, 5.74) is 1.27. The number of hydrogen-bond donors (Lipinski definition) is 1. The van der Waals surface area contributed by atoms with E-state index in [1.807, 2.05) is 11.9 Å². The van der Waals surface area contributed by atoms with Crippen LogP contribution in [0.4, 0.5) is 13.2 Å². The van der Waals surface area contributed by atoms with Crippen molar-refractivity contribution in [1.82, 2.24) is 9.80 Å². The van der Waals surface area contributed by atoms with Crippen LogP contribution in [-0.2, 0) is 20.9 Å². The van der Waals surface area contributed by atoms with Crippen molar-refractivity contribution in [1.29, 1.82) is 0 Å². The summed E-state index contributed by atoms with van der Waals surface area (Å²) in [5.74, 6) is -2.66. The third-order valence-electron chi connectivity index (χ3n) is 5.15. The van der Waals surface area contributed by atoms with E-state index in [1.165, 1.54) is 5.56 Å². The van der Waals surface area contributed by atoms with Crippen LogP contribution in [0.1, 0.15) is 25.3 Å².